The molecule has 2 aromatic rings. The van der Waals surface area contributed by atoms with Crippen molar-refractivity contribution in [3.05, 3.63) is 69.8 Å². The van der Waals surface area contributed by atoms with Crippen molar-refractivity contribution in [1.82, 2.24) is 5.32 Å². The van der Waals surface area contributed by atoms with Crippen molar-refractivity contribution in [3.63, 3.8) is 0 Å². The maximum absolute atomic E-state index is 13.4. The van der Waals surface area contributed by atoms with Crippen molar-refractivity contribution in [1.29, 1.82) is 0 Å². The van der Waals surface area contributed by atoms with E-state index in [-0.39, 0.29) is 12.3 Å². The number of oxime groups is 2. The Morgan fingerprint density at radius 3 is 2.24 bits per heavy atom. The van der Waals surface area contributed by atoms with E-state index in [0.29, 0.717) is 34.9 Å². The molecular weight excluding hydrogens is 468 g/mol. The minimum Gasteiger partial charge on any atom is -0.398 e. The monoisotopic (exact) mass is 489 g/mol. The summed E-state index contributed by atoms with van der Waals surface area (Å²) in [4.78, 5) is 22.1. The Hall–Kier alpha value is -3.57. The van der Waals surface area contributed by atoms with Gasteiger partial charge in [-0.3, -0.25) is 4.79 Å². The number of halogens is 6. The summed E-state index contributed by atoms with van der Waals surface area (Å²) in [6.45, 7) is 2.49. The van der Waals surface area contributed by atoms with Crippen LogP contribution in [0.3, 0.4) is 0 Å². The van der Waals surface area contributed by atoms with Gasteiger partial charge >= 0.3 is 12.4 Å². The third-order valence-corrected chi connectivity index (χ3v) is 4.74. The summed E-state index contributed by atoms with van der Waals surface area (Å²) in [5.74, 6) is -0.563. The first kappa shape index (κ1) is 26.7. The van der Waals surface area contributed by atoms with Crippen molar-refractivity contribution in [2.45, 2.75) is 32.8 Å². The maximum Gasteiger partial charge on any atom is 0.417 e. The van der Waals surface area contributed by atoms with Gasteiger partial charge in [0.25, 0.3) is 5.91 Å². The topological polar surface area (TPSA) is 72.3 Å². The second-order valence-corrected chi connectivity index (χ2v) is 7.01. The Morgan fingerprint density at radius 2 is 1.68 bits per heavy atom. The molecule has 0 aliphatic carbocycles. The van der Waals surface area contributed by atoms with Gasteiger partial charge in [-0.25, -0.2) is 0 Å². The number of hydrogen-bond donors (Lipinski definition) is 1. The fourth-order valence-electron chi connectivity index (χ4n) is 3.05. The van der Waals surface area contributed by atoms with E-state index < -0.39 is 40.7 Å². The molecule has 0 bridgehead atoms. The molecule has 34 heavy (non-hydrogen) atoms. The van der Waals surface area contributed by atoms with Crippen molar-refractivity contribution >= 4 is 17.3 Å². The molecule has 184 valence electrons. The number of rotatable bonds is 7. The number of hydrogen-bond acceptors (Lipinski definition) is 5. The highest BCUT2D eigenvalue weighted by atomic mass is 19.4. The SMILES string of the molecule is CNC(=O)/C(=N/OC)c1cccc(C)c1CO/N=C(\C)c1cc(C(F)(F)F)ccc1C(F)(F)F. The molecule has 2 aromatic carbocycles. The Labute approximate surface area is 191 Å². The lowest BCUT2D eigenvalue weighted by molar-refractivity contribution is -0.141. The number of amides is 1. The van der Waals surface area contributed by atoms with Crippen molar-refractivity contribution in [3.8, 4) is 0 Å². The molecule has 12 heteroatoms. The van der Waals surface area contributed by atoms with Gasteiger partial charge in [0.2, 0.25) is 0 Å². The number of alkyl halides is 6. The Morgan fingerprint density at radius 1 is 1.00 bits per heavy atom. The van der Waals surface area contributed by atoms with Crippen LogP contribution in [-0.4, -0.2) is 31.5 Å². The molecule has 0 unspecified atom stereocenters. The fraction of sp³-hybridized carbons (Fsp3) is 0.318. The molecule has 2 rings (SSSR count). The number of nitrogens with zero attached hydrogens (tertiary/aromatic N) is 2. The summed E-state index contributed by atoms with van der Waals surface area (Å²) in [5.41, 5.74) is -2.39. The minimum atomic E-state index is -4.90. The van der Waals surface area contributed by atoms with Crippen LogP contribution < -0.4 is 5.32 Å². The second-order valence-electron chi connectivity index (χ2n) is 7.01. The average Bonchev–Trinajstić information content (AvgIpc) is 2.76. The molecule has 0 aliphatic heterocycles. The summed E-state index contributed by atoms with van der Waals surface area (Å²) in [6, 6.07) is 5.99. The standard InChI is InChI=1S/C22H21F6N3O3/c1-12-6-5-7-15(19(31-33-4)20(32)29-3)17(12)11-34-30-13(2)16-10-14(21(23,24)25)8-9-18(16)22(26,27)28/h5-10H,11H2,1-4H3,(H,29,32)/b30-13+,31-19+. The molecule has 0 radical (unpaired) electrons. The van der Waals surface area contributed by atoms with Crippen LogP contribution in [0.4, 0.5) is 26.3 Å². The smallest absolute Gasteiger partial charge is 0.398 e. The molecule has 0 fully saturated rings. The van der Waals surface area contributed by atoms with Gasteiger partial charge in [-0.2, -0.15) is 26.3 Å². The normalized spacial score (nSPS) is 13.0. The van der Waals surface area contributed by atoms with E-state index in [1.54, 1.807) is 25.1 Å². The Kier molecular flexibility index (Phi) is 8.30. The molecular formula is C22H21F6N3O3. The van der Waals surface area contributed by atoms with Gasteiger partial charge in [-0.15, -0.1) is 0 Å². The van der Waals surface area contributed by atoms with E-state index in [1.165, 1.54) is 14.2 Å². The van der Waals surface area contributed by atoms with E-state index in [1.807, 2.05) is 0 Å². The van der Waals surface area contributed by atoms with Crippen LogP contribution in [0.15, 0.2) is 46.7 Å². The van der Waals surface area contributed by atoms with E-state index in [2.05, 4.69) is 15.6 Å². The zero-order valence-electron chi connectivity index (χ0n) is 18.6. The molecule has 6 nitrogen and oxygen atoms in total. The number of likely N-dealkylation sites (N-methyl/N-ethyl adjacent to an activating group) is 1. The van der Waals surface area contributed by atoms with Crippen molar-refractivity contribution in [2.75, 3.05) is 14.2 Å². The Bertz CT molecular complexity index is 1110. The van der Waals surface area contributed by atoms with Crippen LogP contribution in [0, 0.1) is 6.92 Å². The lowest BCUT2D eigenvalue weighted by atomic mass is 9.98. The van der Waals surface area contributed by atoms with Crippen LogP contribution in [-0.2, 0) is 33.4 Å². The summed E-state index contributed by atoms with van der Waals surface area (Å²) in [7, 11) is 2.64. The predicted octanol–water partition coefficient (Wildman–Crippen LogP) is 5.07. The summed E-state index contributed by atoms with van der Waals surface area (Å²) in [5, 5.41) is 9.74. The zero-order chi connectivity index (χ0) is 25.7. The van der Waals surface area contributed by atoms with E-state index >= 15 is 0 Å². The van der Waals surface area contributed by atoms with Crippen LogP contribution in [0.5, 0.6) is 0 Å². The van der Waals surface area contributed by atoms with E-state index in [9.17, 15) is 31.1 Å². The highest BCUT2D eigenvalue weighted by Crippen LogP contribution is 2.36. The van der Waals surface area contributed by atoms with Crippen LogP contribution in [0.1, 0.15) is 40.3 Å². The average molecular weight is 489 g/mol. The fourth-order valence-corrected chi connectivity index (χ4v) is 3.05. The van der Waals surface area contributed by atoms with Crippen LogP contribution in [0.25, 0.3) is 0 Å². The summed E-state index contributed by atoms with van der Waals surface area (Å²) in [6.07, 6.45) is -9.74. The van der Waals surface area contributed by atoms with E-state index in [4.69, 9.17) is 9.68 Å². The van der Waals surface area contributed by atoms with Gasteiger partial charge in [0.15, 0.2) is 5.71 Å². The summed E-state index contributed by atoms with van der Waals surface area (Å²) < 4.78 is 79.2. The first-order chi connectivity index (χ1) is 15.8. The first-order valence-corrected chi connectivity index (χ1v) is 9.68. The Balaban J connectivity index is 2.44. The van der Waals surface area contributed by atoms with Gasteiger partial charge in [0, 0.05) is 23.7 Å². The first-order valence-electron chi connectivity index (χ1n) is 9.68. The molecule has 0 aliphatic rings. The minimum absolute atomic E-state index is 0.0785. The molecule has 0 aromatic heterocycles. The summed E-state index contributed by atoms with van der Waals surface area (Å²) >= 11 is 0. The largest absolute Gasteiger partial charge is 0.417 e. The zero-order valence-corrected chi connectivity index (χ0v) is 18.6. The molecule has 0 atom stereocenters. The van der Waals surface area contributed by atoms with Gasteiger partial charge in [0.05, 0.1) is 16.8 Å². The van der Waals surface area contributed by atoms with Gasteiger partial charge in [0.1, 0.15) is 13.7 Å². The predicted molar refractivity (Wildman–Crippen MR) is 112 cm³/mol. The molecule has 0 spiro atoms. The van der Waals surface area contributed by atoms with Gasteiger partial charge in [-0.1, -0.05) is 28.5 Å². The molecule has 0 saturated carbocycles. The van der Waals surface area contributed by atoms with Crippen molar-refractivity contribution < 1.29 is 40.8 Å². The third-order valence-electron chi connectivity index (χ3n) is 4.74. The van der Waals surface area contributed by atoms with Gasteiger partial charge < -0.3 is 15.0 Å². The highest BCUT2D eigenvalue weighted by Gasteiger charge is 2.37. The number of aryl methyl sites for hydroxylation is 1. The highest BCUT2D eigenvalue weighted by molar-refractivity contribution is 6.45. The van der Waals surface area contributed by atoms with Crippen molar-refractivity contribution in [2.24, 2.45) is 10.3 Å². The molecule has 0 heterocycles. The number of nitrogens with one attached hydrogen (secondary N) is 1. The second kappa shape index (κ2) is 10.6. The molecule has 1 N–H and O–H groups in total. The lowest BCUT2D eigenvalue weighted by Crippen LogP contribution is -2.29. The quantitative estimate of drug-likeness (QED) is 0.335. The number of carbonyl (C=O) groups is 1. The van der Waals surface area contributed by atoms with Crippen LogP contribution >= 0.6 is 0 Å². The third kappa shape index (κ3) is 6.27. The maximum atomic E-state index is 13.4. The number of benzene rings is 2. The van der Waals surface area contributed by atoms with Gasteiger partial charge in [-0.05, 0) is 37.6 Å². The van der Waals surface area contributed by atoms with Crippen LogP contribution in [0.2, 0.25) is 0 Å². The lowest BCUT2D eigenvalue weighted by Gasteiger charge is -2.16. The van der Waals surface area contributed by atoms with E-state index in [0.717, 1.165) is 6.92 Å². The molecule has 1 amide bonds. The number of carbonyl (C=O) groups excluding carboxylic acids is 1. The molecule has 0 saturated heterocycles.